The largest absolute Gasteiger partial charge is 0.488 e. The number of likely N-dealkylation sites (tertiary alicyclic amines) is 1. The molecule has 0 amide bonds. The van der Waals surface area contributed by atoms with Gasteiger partial charge in [-0.05, 0) is 56.9 Å². The Morgan fingerprint density at radius 3 is 2.86 bits per heavy atom. The Kier molecular flexibility index (Phi) is 4.23. The monoisotopic (exact) mass is 288 g/mol. The Labute approximate surface area is 128 Å². The molecule has 0 aliphatic carbocycles. The lowest BCUT2D eigenvalue weighted by molar-refractivity contribution is 0.131. The third kappa shape index (κ3) is 3.58. The Balaban J connectivity index is 1.45. The molecule has 2 aliphatic rings. The lowest BCUT2D eigenvalue weighted by Crippen LogP contribution is -2.44. The van der Waals surface area contributed by atoms with E-state index in [9.17, 15) is 0 Å². The molecule has 1 N–H and O–H groups in total. The van der Waals surface area contributed by atoms with Crippen molar-refractivity contribution in [3.05, 3.63) is 29.3 Å². The van der Waals surface area contributed by atoms with Gasteiger partial charge < -0.3 is 15.0 Å². The van der Waals surface area contributed by atoms with Crippen LogP contribution in [0.15, 0.2) is 18.2 Å². The molecule has 3 nitrogen and oxygen atoms in total. The average Bonchev–Trinajstić information content (AvgIpc) is 2.84. The molecule has 1 aromatic rings. The summed E-state index contributed by atoms with van der Waals surface area (Å²) in [5, 5.41) is 3.66. The second-order valence-electron chi connectivity index (χ2n) is 7.30. The summed E-state index contributed by atoms with van der Waals surface area (Å²) in [6.07, 6.45) is 3.93. The highest BCUT2D eigenvalue weighted by molar-refractivity contribution is 5.40. The lowest BCUT2D eigenvalue weighted by atomic mass is 9.80. The number of ether oxygens (including phenoxy) is 1. The maximum Gasteiger partial charge on any atom is 0.123 e. The van der Waals surface area contributed by atoms with Crippen LogP contribution in [0.4, 0.5) is 0 Å². The van der Waals surface area contributed by atoms with Crippen molar-refractivity contribution in [2.24, 2.45) is 5.41 Å². The van der Waals surface area contributed by atoms with E-state index in [0.717, 1.165) is 25.3 Å². The van der Waals surface area contributed by atoms with Crippen molar-refractivity contribution in [3.8, 4) is 5.75 Å². The smallest absolute Gasteiger partial charge is 0.123 e. The van der Waals surface area contributed by atoms with Crippen molar-refractivity contribution in [3.63, 3.8) is 0 Å². The van der Waals surface area contributed by atoms with Crippen LogP contribution < -0.4 is 10.1 Å². The highest BCUT2D eigenvalue weighted by Crippen LogP contribution is 2.31. The molecule has 3 rings (SSSR count). The second kappa shape index (κ2) is 5.98. The van der Waals surface area contributed by atoms with Crippen molar-refractivity contribution >= 4 is 0 Å². The number of piperidine rings is 1. The van der Waals surface area contributed by atoms with E-state index < -0.39 is 0 Å². The average molecular weight is 288 g/mol. The van der Waals surface area contributed by atoms with Gasteiger partial charge in [-0.15, -0.1) is 0 Å². The SMILES string of the molecule is Cc1ccc2c(c1)CC(CNCC1(C)CCN(C)CC1)O2. The zero-order valence-corrected chi connectivity index (χ0v) is 13.6. The van der Waals surface area contributed by atoms with E-state index in [-0.39, 0.29) is 0 Å². The van der Waals surface area contributed by atoms with Gasteiger partial charge in [-0.1, -0.05) is 24.6 Å². The van der Waals surface area contributed by atoms with Crippen LogP contribution in [0.3, 0.4) is 0 Å². The van der Waals surface area contributed by atoms with Crippen LogP contribution in [-0.4, -0.2) is 44.2 Å². The lowest BCUT2D eigenvalue weighted by Gasteiger charge is -2.38. The third-order valence-electron chi connectivity index (χ3n) is 5.08. The molecule has 1 aromatic carbocycles. The summed E-state index contributed by atoms with van der Waals surface area (Å²) in [7, 11) is 2.22. The van der Waals surface area contributed by atoms with Crippen molar-refractivity contribution in [1.82, 2.24) is 10.2 Å². The van der Waals surface area contributed by atoms with Gasteiger partial charge in [0.2, 0.25) is 0 Å². The molecule has 3 heteroatoms. The molecule has 21 heavy (non-hydrogen) atoms. The summed E-state index contributed by atoms with van der Waals surface area (Å²) in [6, 6.07) is 6.50. The molecule has 1 atom stereocenters. The van der Waals surface area contributed by atoms with E-state index >= 15 is 0 Å². The fourth-order valence-electron chi connectivity index (χ4n) is 3.43. The first kappa shape index (κ1) is 14.9. The molecule has 2 heterocycles. The highest BCUT2D eigenvalue weighted by Gasteiger charge is 2.29. The Bertz CT molecular complexity index is 492. The van der Waals surface area contributed by atoms with Gasteiger partial charge in [-0.25, -0.2) is 0 Å². The summed E-state index contributed by atoms with van der Waals surface area (Å²) in [6.45, 7) is 9.08. The Morgan fingerprint density at radius 1 is 1.33 bits per heavy atom. The molecular weight excluding hydrogens is 260 g/mol. The van der Waals surface area contributed by atoms with Crippen molar-refractivity contribution in [2.45, 2.75) is 39.2 Å². The van der Waals surface area contributed by atoms with Crippen LogP contribution in [0.5, 0.6) is 5.75 Å². The molecule has 2 aliphatic heterocycles. The summed E-state index contributed by atoms with van der Waals surface area (Å²) < 4.78 is 6.03. The van der Waals surface area contributed by atoms with Gasteiger partial charge in [0.15, 0.2) is 0 Å². The molecule has 0 aromatic heterocycles. The van der Waals surface area contributed by atoms with E-state index in [2.05, 4.69) is 49.3 Å². The first-order chi connectivity index (χ1) is 10.0. The highest BCUT2D eigenvalue weighted by atomic mass is 16.5. The summed E-state index contributed by atoms with van der Waals surface area (Å²) in [4.78, 5) is 2.43. The van der Waals surface area contributed by atoms with E-state index in [1.165, 1.54) is 37.1 Å². The minimum Gasteiger partial charge on any atom is -0.488 e. The number of aryl methyl sites for hydroxylation is 1. The van der Waals surface area contributed by atoms with E-state index in [0.29, 0.717) is 11.5 Å². The minimum atomic E-state index is 0.302. The minimum absolute atomic E-state index is 0.302. The first-order valence-electron chi connectivity index (χ1n) is 8.20. The zero-order valence-electron chi connectivity index (χ0n) is 13.6. The molecule has 0 bridgehead atoms. The second-order valence-corrected chi connectivity index (χ2v) is 7.30. The van der Waals surface area contributed by atoms with Crippen LogP contribution in [0.25, 0.3) is 0 Å². The van der Waals surface area contributed by atoms with Crippen LogP contribution in [0.1, 0.15) is 30.9 Å². The van der Waals surface area contributed by atoms with Gasteiger partial charge in [-0.2, -0.15) is 0 Å². The summed E-state index contributed by atoms with van der Waals surface area (Å²) in [5.41, 5.74) is 3.14. The molecule has 0 radical (unpaired) electrons. The molecular formula is C18H28N2O. The number of nitrogens with one attached hydrogen (secondary N) is 1. The molecule has 116 valence electrons. The quantitative estimate of drug-likeness (QED) is 0.922. The van der Waals surface area contributed by atoms with Gasteiger partial charge in [-0.3, -0.25) is 0 Å². The van der Waals surface area contributed by atoms with Gasteiger partial charge in [0.1, 0.15) is 11.9 Å². The van der Waals surface area contributed by atoms with E-state index in [4.69, 9.17) is 4.74 Å². The molecule has 0 spiro atoms. The maximum absolute atomic E-state index is 6.03. The fraction of sp³-hybridized carbons (Fsp3) is 0.667. The standard InChI is InChI=1S/C18H28N2O/c1-14-4-5-17-15(10-14)11-16(21-17)12-19-13-18(2)6-8-20(3)9-7-18/h4-5,10,16,19H,6-9,11-13H2,1-3H3. The molecule has 0 saturated carbocycles. The van der Waals surface area contributed by atoms with E-state index in [1.54, 1.807) is 0 Å². The third-order valence-corrected chi connectivity index (χ3v) is 5.08. The molecule has 1 saturated heterocycles. The van der Waals surface area contributed by atoms with Gasteiger partial charge >= 0.3 is 0 Å². The first-order valence-corrected chi connectivity index (χ1v) is 8.20. The van der Waals surface area contributed by atoms with Gasteiger partial charge in [0.05, 0.1) is 0 Å². The van der Waals surface area contributed by atoms with Gasteiger partial charge in [0, 0.05) is 19.5 Å². The molecule has 1 unspecified atom stereocenters. The van der Waals surface area contributed by atoms with Crippen LogP contribution in [0, 0.1) is 12.3 Å². The number of hydrogen-bond donors (Lipinski definition) is 1. The predicted molar refractivity (Wildman–Crippen MR) is 87.0 cm³/mol. The zero-order chi connectivity index (χ0) is 14.9. The maximum atomic E-state index is 6.03. The fourth-order valence-corrected chi connectivity index (χ4v) is 3.43. The van der Waals surface area contributed by atoms with Crippen molar-refractivity contribution in [2.75, 3.05) is 33.2 Å². The predicted octanol–water partition coefficient (Wildman–Crippen LogP) is 2.62. The van der Waals surface area contributed by atoms with Gasteiger partial charge in [0.25, 0.3) is 0 Å². The summed E-state index contributed by atoms with van der Waals surface area (Å²) >= 11 is 0. The number of rotatable bonds is 4. The Hall–Kier alpha value is -1.06. The van der Waals surface area contributed by atoms with Crippen LogP contribution >= 0.6 is 0 Å². The number of fused-ring (bicyclic) bond motifs is 1. The van der Waals surface area contributed by atoms with Crippen LogP contribution in [0.2, 0.25) is 0 Å². The van der Waals surface area contributed by atoms with Crippen molar-refractivity contribution in [1.29, 1.82) is 0 Å². The number of benzene rings is 1. The topological polar surface area (TPSA) is 24.5 Å². The van der Waals surface area contributed by atoms with Crippen molar-refractivity contribution < 1.29 is 4.74 Å². The molecule has 1 fully saturated rings. The number of nitrogens with zero attached hydrogens (tertiary/aromatic N) is 1. The summed E-state index contributed by atoms with van der Waals surface area (Å²) in [5.74, 6) is 1.08. The number of hydrogen-bond acceptors (Lipinski definition) is 3. The normalized spacial score (nSPS) is 24.6. The van der Waals surface area contributed by atoms with E-state index in [1.807, 2.05) is 0 Å². The Morgan fingerprint density at radius 2 is 2.10 bits per heavy atom. The van der Waals surface area contributed by atoms with Crippen LogP contribution in [-0.2, 0) is 6.42 Å².